The lowest BCUT2D eigenvalue weighted by Crippen LogP contribution is -2.28. The van der Waals surface area contributed by atoms with Crippen molar-refractivity contribution < 1.29 is 17.7 Å². The Morgan fingerprint density at radius 1 is 1.23 bits per heavy atom. The van der Waals surface area contributed by atoms with Gasteiger partial charge in [-0.1, -0.05) is 23.4 Å². The summed E-state index contributed by atoms with van der Waals surface area (Å²) in [5, 5.41) is 6.29. The Morgan fingerprint density at radius 2 is 1.91 bits per heavy atom. The Bertz CT molecular complexity index is 734. The van der Waals surface area contributed by atoms with E-state index in [0.29, 0.717) is 11.4 Å². The smallest absolute Gasteiger partial charge is 0.245 e. The molecule has 2 N–H and O–H groups in total. The summed E-state index contributed by atoms with van der Waals surface area (Å²) in [4.78, 5) is 11.8. The van der Waals surface area contributed by atoms with Crippen LogP contribution in [0.5, 0.6) is 0 Å². The maximum Gasteiger partial charge on any atom is 0.245 e. The number of aromatic nitrogens is 1. The van der Waals surface area contributed by atoms with E-state index in [1.54, 1.807) is 31.2 Å². The Balaban J connectivity index is 1.89. The van der Waals surface area contributed by atoms with Crippen molar-refractivity contribution in [3.8, 4) is 0 Å². The first-order valence-electron chi connectivity index (χ1n) is 6.67. The van der Waals surface area contributed by atoms with Gasteiger partial charge >= 0.3 is 0 Å². The summed E-state index contributed by atoms with van der Waals surface area (Å²) in [5.41, 5.74) is 0.958. The van der Waals surface area contributed by atoms with Crippen LogP contribution in [-0.2, 0) is 14.8 Å². The molecular formula is C14H17N3O4S. The SMILES string of the molecule is Cc1noc(C)c1S(=O)(=O)NCCC(=O)Nc1ccccc1. The van der Waals surface area contributed by atoms with Gasteiger partial charge in [0, 0.05) is 18.7 Å². The number of amides is 1. The molecule has 0 bridgehead atoms. The predicted molar refractivity (Wildman–Crippen MR) is 80.9 cm³/mol. The normalized spacial score (nSPS) is 11.4. The molecule has 0 spiro atoms. The lowest BCUT2D eigenvalue weighted by molar-refractivity contribution is -0.116. The van der Waals surface area contributed by atoms with Crippen molar-refractivity contribution in [2.24, 2.45) is 0 Å². The third kappa shape index (κ3) is 3.92. The van der Waals surface area contributed by atoms with Crippen molar-refractivity contribution in [3.63, 3.8) is 0 Å². The maximum atomic E-state index is 12.1. The van der Waals surface area contributed by atoms with Crippen LogP contribution < -0.4 is 10.0 Å². The van der Waals surface area contributed by atoms with Crippen molar-refractivity contribution in [2.75, 3.05) is 11.9 Å². The van der Waals surface area contributed by atoms with Gasteiger partial charge in [0.05, 0.1) is 0 Å². The summed E-state index contributed by atoms with van der Waals surface area (Å²) in [6.07, 6.45) is 0.0253. The number of carbonyl (C=O) groups is 1. The van der Waals surface area contributed by atoms with Gasteiger partial charge in [-0.25, -0.2) is 13.1 Å². The fourth-order valence-corrected chi connectivity index (χ4v) is 3.33. The van der Waals surface area contributed by atoms with Crippen LogP contribution in [0.1, 0.15) is 17.9 Å². The largest absolute Gasteiger partial charge is 0.360 e. The van der Waals surface area contributed by atoms with Gasteiger partial charge in [0.15, 0.2) is 5.76 Å². The monoisotopic (exact) mass is 323 g/mol. The van der Waals surface area contributed by atoms with Crippen LogP contribution in [0.15, 0.2) is 39.8 Å². The summed E-state index contributed by atoms with van der Waals surface area (Å²) in [6, 6.07) is 8.96. The third-order valence-electron chi connectivity index (χ3n) is 2.94. The van der Waals surface area contributed by atoms with Crippen LogP contribution in [-0.4, -0.2) is 26.0 Å². The molecule has 22 heavy (non-hydrogen) atoms. The summed E-state index contributed by atoms with van der Waals surface area (Å²) < 4.78 is 31.5. The molecule has 1 aromatic heterocycles. The fraction of sp³-hybridized carbons (Fsp3) is 0.286. The summed E-state index contributed by atoms with van der Waals surface area (Å²) in [5.74, 6) is -0.0496. The van der Waals surface area contributed by atoms with E-state index in [-0.39, 0.29) is 29.5 Å². The minimum atomic E-state index is -3.73. The number of carbonyl (C=O) groups excluding carboxylic acids is 1. The van der Waals surface area contributed by atoms with Crippen molar-refractivity contribution in [2.45, 2.75) is 25.2 Å². The second-order valence-corrected chi connectivity index (χ2v) is 6.42. The fourth-order valence-electron chi connectivity index (χ4n) is 1.97. The van der Waals surface area contributed by atoms with Gasteiger partial charge in [0.1, 0.15) is 10.6 Å². The average molecular weight is 323 g/mol. The molecule has 118 valence electrons. The molecule has 7 nitrogen and oxygen atoms in total. The molecule has 1 amide bonds. The van der Waals surface area contributed by atoms with Crippen LogP contribution in [0.3, 0.4) is 0 Å². The van der Waals surface area contributed by atoms with E-state index in [2.05, 4.69) is 15.2 Å². The second kappa shape index (κ2) is 6.71. The molecule has 0 aliphatic heterocycles. The summed E-state index contributed by atoms with van der Waals surface area (Å²) in [6.45, 7) is 3.06. The van der Waals surface area contributed by atoms with E-state index >= 15 is 0 Å². The van der Waals surface area contributed by atoms with Gasteiger partial charge in [-0.15, -0.1) is 0 Å². The Kier molecular flexibility index (Phi) is 4.94. The highest BCUT2D eigenvalue weighted by molar-refractivity contribution is 7.89. The molecular weight excluding hydrogens is 306 g/mol. The number of rotatable bonds is 6. The van der Waals surface area contributed by atoms with Crippen LogP contribution in [0, 0.1) is 13.8 Å². The molecule has 1 heterocycles. The highest BCUT2D eigenvalue weighted by Gasteiger charge is 2.23. The molecule has 0 saturated carbocycles. The van der Waals surface area contributed by atoms with Crippen LogP contribution in [0.4, 0.5) is 5.69 Å². The molecule has 8 heteroatoms. The van der Waals surface area contributed by atoms with Gasteiger partial charge in [-0.2, -0.15) is 0 Å². The Hall–Kier alpha value is -2.19. The van der Waals surface area contributed by atoms with Gasteiger partial charge < -0.3 is 9.84 Å². The van der Waals surface area contributed by atoms with Gasteiger partial charge in [-0.05, 0) is 26.0 Å². The molecule has 0 aliphatic carbocycles. The molecule has 0 fully saturated rings. The van der Waals surface area contributed by atoms with Crippen molar-refractivity contribution >= 4 is 21.6 Å². The molecule has 0 aliphatic rings. The van der Waals surface area contributed by atoms with Gasteiger partial charge in [-0.3, -0.25) is 4.79 Å². The van der Waals surface area contributed by atoms with Crippen LogP contribution >= 0.6 is 0 Å². The number of anilines is 1. The van der Waals surface area contributed by atoms with Crippen LogP contribution in [0.25, 0.3) is 0 Å². The van der Waals surface area contributed by atoms with E-state index < -0.39 is 10.0 Å². The zero-order valence-corrected chi connectivity index (χ0v) is 13.1. The molecule has 1 aromatic carbocycles. The minimum absolute atomic E-state index is 0.00887. The van der Waals surface area contributed by atoms with Gasteiger partial charge in [0.25, 0.3) is 0 Å². The van der Waals surface area contributed by atoms with E-state index in [1.807, 2.05) is 6.07 Å². The molecule has 0 radical (unpaired) electrons. The average Bonchev–Trinajstić information content (AvgIpc) is 2.79. The van der Waals surface area contributed by atoms with E-state index in [9.17, 15) is 13.2 Å². The zero-order valence-electron chi connectivity index (χ0n) is 12.3. The highest BCUT2D eigenvalue weighted by Crippen LogP contribution is 2.18. The van der Waals surface area contributed by atoms with Crippen molar-refractivity contribution in [3.05, 3.63) is 41.8 Å². The first-order chi connectivity index (χ1) is 10.4. The van der Waals surface area contributed by atoms with Crippen molar-refractivity contribution in [1.29, 1.82) is 0 Å². The molecule has 2 aromatic rings. The Labute approximate surface area is 128 Å². The summed E-state index contributed by atoms with van der Waals surface area (Å²) >= 11 is 0. The molecule has 0 atom stereocenters. The first kappa shape index (κ1) is 16.2. The topological polar surface area (TPSA) is 101 Å². The van der Waals surface area contributed by atoms with Gasteiger partial charge in [0.2, 0.25) is 15.9 Å². The predicted octanol–water partition coefficient (Wildman–Crippen LogP) is 1.60. The number of sulfonamides is 1. The first-order valence-corrected chi connectivity index (χ1v) is 8.16. The standard InChI is InChI=1S/C14H17N3O4S/c1-10-14(11(2)21-17-10)22(19,20)15-9-8-13(18)16-12-6-4-3-5-7-12/h3-7,15H,8-9H2,1-2H3,(H,16,18). The number of nitrogens with zero attached hydrogens (tertiary/aromatic N) is 1. The molecule has 0 saturated heterocycles. The Morgan fingerprint density at radius 3 is 2.50 bits per heavy atom. The zero-order chi connectivity index (χ0) is 16.2. The van der Waals surface area contributed by atoms with E-state index in [1.165, 1.54) is 6.92 Å². The number of hydrogen-bond acceptors (Lipinski definition) is 5. The maximum absolute atomic E-state index is 12.1. The quantitative estimate of drug-likeness (QED) is 0.841. The summed E-state index contributed by atoms with van der Waals surface area (Å²) in [7, 11) is -3.73. The number of nitrogens with one attached hydrogen (secondary N) is 2. The van der Waals surface area contributed by atoms with Crippen molar-refractivity contribution in [1.82, 2.24) is 9.88 Å². The molecule has 2 rings (SSSR count). The lowest BCUT2D eigenvalue weighted by atomic mass is 10.3. The molecule has 0 unspecified atom stereocenters. The van der Waals surface area contributed by atoms with E-state index in [4.69, 9.17) is 4.52 Å². The lowest BCUT2D eigenvalue weighted by Gasteiger charge is -2.07. The number of benzene rings is 1. The minimum Gasteiger partial charge on any atom is -0.360 e. The highest BCUT2D eigenvalue weighted by atomic mass is 32.2. The number of hydrogen-bond donors (Lipinski definition) is 2. The number of para-hydroxylation sites is 1. The second-order valence-electron chi connectivity index (χ2n) is 4.72. The van der Waals surface area contributed by atoms with Crippen LogP contribution in [0.2, 0.25) is 0 Å². The third-order valence-corrected chi connectivity index (χ3v) is 4.64. The number of aryl methyl sites for hydroxylation is 2. The van der Waals surface area contributed by atoms with E-state index in [0.717, 1.165) is 0 Å².